The predicted octanol–water partition coefficient (Wildman–Crippen LogP) is -8.66. The Bertz CT molecular complexity index is 766. The van der Waals surface area contributed by atoms with E-state index in [-0.39, 0.29) is 107 Å². The summed E-state index contributed by atoms with van der Waals surface area (Å²) in [5.41, 5.74) is 9.82. The first-order valence-corrected chi connectivity index (χ1v) is 7.47. The zero-order valence-corrected chi connectivity index (χ0v) is 22.6. The zero-order valence-electron chi connectivity index (χ0n) is 14.9. The van der Waals surface area contributed by atoms with Crippen LogP contribution in [-0.2, 0) is 4.57 Å². The number of hydrogen-bond acceptors (Lipinski definition) is 10. The Morgan fingerprint density at radius 1 is 0.963 bits per heavy atom. The zero-order chi connectivity index (χ0) is 17.5. The fourth-order valence-electron chi connectivity index (χ4n) is 1.17. The van der Waals surface area contributed by atoms with Crippen LogP contribution in [0.3, 0.4) is 0 Å². The van der Waals surface area contributed by atoms with Crippen molar-refractivity contribution in [2.45, 2.75) is 0 Å². The number of aromatic nitrogens is 1. The van der Waals surface area contributed by atoms with Gasteiger partial charge in [-0.3, -0.25) is 0 Å². The molecule has 130 valence electrons. The van der Waals surface area contributed by atoms with Crippen molar-refractivity contribution in [2.24, 2.45) is 10.2 Å². The van der Waals surface area contributed by atoms with Crippen LogP contribution in [0.1, 0.15) is 0 Å². The number of benzene rings is 1. The molecule has 4 N–H and O–H groups in total. The molecule has 0 fully saturated rings. The molecule has 1 aromatic heterocycles. The van der Waals surface area contributed by atoms with E-state index in [1.165, 1.54) is 0 Å². The largest absolute Gasteiger partial charge is 1.00 e. The fraction of sp³-hybridized carbons (Fsp3) is 0. The Labute approximate surface area is 228 Å². The van der Waals surface area contributed by atoms with Crippen LogP contribution in [0.4, 0.5) is 27.8 Å². The van der Waals surface area contributed by atoms with Crippen molar-refractivity contribution in [3.63, 3.8) is 0 Å². The van der Waals surface area contributed by atoms with Crippen LogP contribution in [0, 0.1) is 0 Å². The molecule has 2 rings (SSSR count). The number of nitrogen functional groups attached to an aromatic ring is 2. The standard InChI is InChI=1S/C11H11N5.CH3O5P.ClH.3Na/c12-10-7-6-9(11(13)14-10)16-15-8-4-2-1-3-5-8;2-1(3)7(4,5)6;;;;/h1-7H,(H4,12,13,14);(H,2,3)(H2,4,5,6);1H;;;/q;;;3*+1/p-3. The summed E-state index contributed by atoms with van der Waals surface area (Å²) in [4.78, 5) is 31.2. The molecule has 0 spiro atoms. The Morgan fingerprint density at radius 2 is 1.44 bits per heavy atom. The van der Waals surface area contributed by atoms with Gasteiger partial charge in [-0.1, -0.05) is 18.2 Å². The summed E-state index contributed by atoms with van der Waals surface area (Å²) >= 11 is 0. The van der Waals surface area contributed by atoms with Gasteiger partial charge in [-0.25, -0.2) is 4.98 Å². The van der Waals surface area contributed by atoms with Gasteiger partial charge in [-0.05, 0) is 31.9 Å². The van der Waals surface area contributed by atoms with Crippen molar-refractivity contribution in [3.8, 4) is 0 Å². The number of carbonyl (C=O) groups is 1. The second-order valence-corrected chi connectivity index (χ2v) is 5.30. The molecular weight excluding hydrogens is 430 g/mol. The van der Waals surface area contributed by atoms with Crippen LogP contribution in [0.2, 0.25) is 0 Å². The molecule has 2 aromatic rings. The number of nitrogens with zero attached hydrogens (tertiary/aromatic N) is 3. The number of carbonyl (C=O) groups excluding carboxylic acids is 1. The average molecular weight is 442 g/mol. The van der Waals surface area contributed by atoms with Crippen LogP contribution in [0.5, 0.6) is 0 Å². The third kappa shape index (κ3) is 15.0. The third-order valence-corrected chi connectivity index (χ3v) is 2.62. The van der Waals surface area contributed by atoms with Crippen molar-refractivity contribution >= 4 is 48.7 Å². The number of carboxylic acid groups (broad SMARTS) is 1. The van der Waals surface area contributed by atoms with Crippen molar-refractivity contribution in [2.75, 3.05) is 11.5 Å². The quantitative estimate of drug-likeness (QED) is 0.266. The summed E-state index contributed by atoms with van der Waals surface area (Å²) in [7, 11) is -5.43. The molecule has 1 heterocycles. The van der Waals surface area contributed by atoms with Gasteiger partial charge in [-0.2, -0.15) is 5.11 Å². The molecule has 0 atom stereocenters. The van der Waals surface area contributed by atoms with Gasteiger partial charge in [-0.15, -0.1) is 17.5 Å². The minimum atomic E-state index is -5.43. The normalized spacial score (nSPS) is 9.26. The summed E-state index contributed by atoms with van der Waals surface area (Å²) in [5, 5.41) is 17.1. The van der Waals surface area contributed by atoms with Crippen LogP contribution < -0.4 is 115 Å². The van der Waals surface area contributed by atoms with Gasteiger partial charge in [0.1, 0.15) is 11.5 Å². The minimum absolute atomic E-state index is 0. The maximum atomic E-state index is 9.14. The average Bonchev–Trinajstić information content (AvgIpc) is 2.47. The molecule has 0 aliphatic rings. The fourth-order valence-corrected chi connectivity index (χ4v) is 1.17. The molecule has 0 aliphatic heterocycles. The van der Waals surface area contributed by atoms with Gasteiger partial charge >= 0.3 is 88.7 Å². The van der Waals surface area contributed by atoms with E-state index < -0.39 is 13.3 Å². The summed E-state index contributed by atoms with van der Waals surface area (Å²) in [5.74, 6) is 0.649. The number of anilines is 2. The van der Waals surface area contributed by atoms with E-state index in [4.69, 9.17) is 35.7 Å². The molecule has 1 aromatic carbocycles. The van der Waals surface area contributed by atoms with E-state index in [9.17, 15) is 0 Å². The summed E-state index contributed by atoms with van der Waals surface area (Å²) in [6.45, 7) is 0. The van der Waals surface area contributed by atoms with E-state index in [0.717, 1.165) is 5.69 Å². The van der Waals surface area contributed by atoms with E-state index >= 15 is 0 Å². The van der Waals surface area contributed by atoms with Crippen LogP contribution in [-0.4, -0.2) is 10.7 Å². The number of azo groups is 1. The smallest absolute Gasteiger partial charge is 0.807 e. The van der Waals surface area contributed by atoms with Crippen molar-refractivity contribution in [3.05, 3.63) is 42.5 Å². The second-order valence-electron chi connectivity index (χ2n) is 3.94. The molecule has 0 aliphatic carbocycles. The van der Waals surface area contributed by atoms with Crippen LogP contribution >= 0.6 is 20.0 Å². The van der Waals surface area contributed by atoms with Gasteiger partial charge in [0.2, 0.25) is 0 Å². The van der Waals surface area contributed by atoms with E-state index in [1.54, 1.807) is 12.1 Å². The van der Waals surface area contributed by atoms with Crippen molar-refractivity contribution in [1.29, 1.82) is 0 Å². The van der Waals surface area contributed by atoms with E-state index in [2.05, 4.69) is 15.2 Å². The topological polar surface area (TPSA) is 193 Å². The molecule has 15 heteroatoms. The van der Waals surface area contributed by atoms with Crippen LogP contribution in [0.25, 0.3) is 0 Å². The molecule has 10 nitrogen and oxygen atoms in total. The predicted molar refractivity (Wildman–Crippen MR) is 83.9 cm³/mol. The molecule has 0 saturated heterocycles. The maximum absolute atomic E-state index is 9.14. The molecule has 27 heavy (non-hydrogen) atoms. The number of nitrogens with two attached hydrogens (primary N) is 2. The molecular formula is C12H12ClN5Na3O5P. The Kier molecular flexibility index (Phi) is 22.5. The van der Waals surface area contributed by atoms with Crippen molar-refractivity contribution < 1.29 is 113 Å². The first-order valence-electron chi connectivity index (χ1n) is 5.92. The second kappa shape index (κ2) is 17.3. The Hall–Kier alpha value is 0.480. The molecule has 0 radical (unpaired) electrons. The molecule has 0 amide bonds. The van der Waals surface area contributed by atoms with Gasteiger partial charge in [0.05, 0.1) is 11.4 Å². The molecule has 0 saturated carbocycles. The number of rotatable bonds is 3. The third-order valence-electron chi connectivity index (χ3n) is 2.18. The van der Waals surface area contributed by atoms with E-state index in [0.29, 0.717) is 11.5 Å². The van der Waals surface area contributed by atoms with Gasteiger partial charge in [0, 0.05) is 0 Å². The SMILES string of the molecule is Cl.Nc1ccc(N=Nc2ccccc2)c(N)n1.O=C([O-])P(=O)([O-])[O-].[Na+].[Na+].[Na+]. The first kappa shape index (κ1) is 35.0. The van der Waals surface area contributed by atoms with Gasteiger partial charge < -0.3 is 35.7 Å². The minimum Gasteiger partial charge on any atom is -0.807 e. The maximum Gasteiger partial charge on any atom is 1.00 e. The monoisotopic (exact) mass is 441 g/mol. The van der Waals surface area contributed by atoms with E-state index in [1.807, 2.05) is 30.3 Å². The van der Waals surface area contributed by atoms with Gasteiger partial charge in [0.15, 0.2) is 5.82 Å². The summed E-state index contributed by atoms with van der Waals surface area (Å²) in [6.07, 6.45) is 0. The summed E-state index contributed by atoms with van der Waals surface area (Å²) < 4.78 is 9.14. The van der Waals surface area contributed by atoms with Crippen LogP contribution in [0.15, 0.2) is 52.7 Å². The Morgan fingerprint density at radius 3 is 1.85 bits per heavy atom. The Balaban J connectivity index is -0.000000212. The molecule has 0 unspecified atom stereocenters. The number of halogens is 1. The summed E-state index contributed by atoms with van der Waals surface area (Å²) in [6, 6.07) is 12.7. The number of hydrogen-bond donors (Lipinski definition) is 2. The van der Waals surface area contributed by atoms with Gasteiger partial charge in [0.25, 0.3) is 0 Å². The number of pyridine rings is 1. The van der Waals surface area contributed by atoms with Crippen molar-refractivity contribution in [1.82, 2.24) is 4.98 Å². The first-order chi connectivity index (χ1) is 10.7. The molecule has 0 bridgehead atoms.